The minimum Gasteiger partial charge on any atom is -0.290 e. The van der Waals surface area contributed by atoms with Crippen molar-refractivity contribution in [1.29, 1.82) is 0 Å². The summed E-state index contributed by atoms with van der Waals surface area (Å²) in [4.78, 5) is 112. The Morgan fingerprint density at radius 1 is 0.364 bits per heavy atom. The molecule has 0 amide bonds. The molecule has 162 valence electrons. The van der Waals surface area contributed by atoms with Crippen molar-refractivity contribution in [3.63, 3.8) is 0 Å². The molecule has 12 heteroatoms. The maximum absolute atomic E-state index is 13.2. The predicted molar refractivity (Wildman–Crippen MR) is 110 cm³/mol. The monoisotopic (exact) mass is 447 g/mol. The fourth-order valence-corrected chi connectivity index (χ4v) is 3.18. The van der Waals surface area contributed by atoms with E-state index in [1.54, 1.807) is 0 Å². The molecule has 3 aliphatic rings. The first-order valence-electron chi connectivity index (χ1n) is 9.06. The highest BCUT2D eigenvalue weighted by molar-refractivity contribution is 6.32. The van der Waals surface area contributed by atoms with Crippen molar-refractivity contribution in [3.05, 3.63) is 86.1 Å². The average Bonchev–Trinajstić information content (AvgIpc) is 2.75. The van der Waals surface area contributed by atoms with Crippen LogP contribution in [0.2, 0.25) is 0 Å². The van der Waals surface area contributed by atoms with Crippen molar-refractivity contribution in [2.45, 2.75) is 0 Å². The van der Waals surface area contributed by atoms with E-state index in [-0.39, 0.29) is 13.7 Å². The number of carbonyl (C=O) groups excluding carboxylic acids is 6. The standard InChI is InChI=1S/C21H9N3O9/c25-10-1-4-16(28)13(7-10)22-19(31)23(14-8-11(26)2-5-17(14)29)21(33)24(20(22)32)15-9-12(27)3-6-18(15)30/h1-9H. The van der Waals surface area contributed by atoms with Gasteiger partial charge in [0.15, 0.2) is 17.3 Å². The quantitative estimate of drug-likeness (QED) is 0.468. The van der Waals surface area contributed by atoms with Gasteiger partial charge in [-0.2, -0.15) is 0 Å². The van der Waals surface area contributed by atoms with Gasteiger partial charge in [0.25, 0.3) is 0 Å². The van der Waals surface area contributed by atoms with Crippen LogP contribution in [-0.4, -0.2) is 48.4 Å². The second-order valence-corrected chi connectivity index (χ2v) is 6.74. The number of rotatable bonds is 3. The van der Waals surface area contributed by atoms with Gasteiger partial charge in [0.1, 0.15) is 17.1 Å². The zero-order valence-corrected chi connectivity index (χ0v) is 16.2. The van der Waals surface area contributed by atoms with Gasteiger partial charge in [-0.1, -0.05) is 0 Å². The average molecular weight is 447 g/mol. The van der Waals surface area contributed by atoms with E-state index in [2.05, 4.69) is 0 Å². The van der Waals surface area contributed by atoms with Gasteiger partial charge in [-0.25, -0.2) is 28.1 Å². The van der Waals surface area contributed by atoms with Crippen molar-refractivity contribution in [1.82, 2.24) is 13.7 Å². The molecule has 0 saturated heterocycles. The Hall–Kier alpha value is -5.13. The number of ketones is 6. The molecule has 12 nitrogen and oxygen atoms in total. The van der Waals surface area contributed by atoms with Crippen molar-refractivity contribution in [2.24, 2.45) is 0 Å². The third-order valence-corrected chi connectivity index (χ3v) is 4.66. The first-order valence-corrected chi connectivity index (χ1v) is 9.06. The molecule has 1 heterocycles. The van der Waals surface area contributed by atoms with Gasteiger partial charge in [0, 0.05) is 18.2 Å². The van der Waals surface area contributed by atoms with Crippen LogP contribution >= 0.6 is 0 Å². The molecule has 4 rings (SSSR count). The van der Waals surface area contributed by atoms with Gasteiger partial charge >= 0.3 is 17.1 Å². The summed E-state index contributed by atoms with van der Waals surface area (Å²) in [5, 5.41) is 0. The van der Waals surface area contributed by atoms with E-state index in [1.807, 2.05) is 0 Å². The van der Waals surface area contributed by atoms with Crippen LogP contribution in [0.5, 0.6) is 0 Å². The van der Waals surface area contributed by atoms with Crippen LogP contribution in [0.15, 0.2) is 69.1 Å². The fraction of sp³-hybridized carbons (Fsp3) is 0. The van der Waals surface area contributed by atoms with Gasteiger partial charge in [0.05, 0.1) is 0 Å². The Labute approximate surface area is 181 Å². The highest BCUT2D eigenvalue weighted by Crippen LogP contribution is 2.13. The summed E-state index contributed by atoms with van der Waals surface area (Å²) in [6.45, 7) is 0. The molecule has 0 aromatic carbocycles. The summed E-state index contributed by atoms with van der Waals surface area (Å²) >= 11 is 0. The Morgan fingerprint density at radius 2 is 0.606 bits per heavy atom. The molecule has 0 N–H and O–H groups in total. The molecule has 33 heavy (non-hydrogen) atoms. The van der Waals surface area contributed by atoms with Crippen LogP contribution in [0.1, 0.15) is 0 Å². The van der Waals surface area contributed by atoms with Crippen molar-refractivity contribution >= 4 is 51.8 Å². The van der Waals surface area contributed by atoms with E-state index < -0.39 is 68.9 Å². The molecule has 0 bridgehead atoms. The smallest absolute Gasteiger partial charge is 0.290 e. The van der Waals surface area contributed by atoms with E-state index in [1.165, 1.54) is 0 Å². The number of nitrogens with zero attached hydrogens (tertiary/aromatic N) is 3. The van der Waals surface area contributed by atoms with E-state index >= 15 is 0 Å². The zero-order chi connectivity index (χ0) is 24.0. The largest absolute Gasteiger partial charge is 0.345 e. The number of aromatic nitrogens is 3. The minimum absolute atomic E-state index is 0.110. The summed E-state index contributed by atoms with van der Waals surface area (Å²) in [6, 6.07) is 0. The van der Waals surface area contributed by atoms with E-state index in [4.69, 9.17) is 0 Å². The molecule has 1 aromatic heterocycles. The van der Waals surface area contributed by atoms with Crippen LogP contribution in [-0.2, 0) is 28.8 Å². The third-order valence-electron chi connectivity index (χ3n) is 4.66. The Kier molecular flexibility index (Phi) is 4.82. The number of hydrogen-bond donors (Lipinski definition) is 0. The molecule has 0 unspecified atom stereocenters. The highest BCUT2D eigenvalue weighted by Gasteiger charge is 2.30. The molecular weight excluding hydrogens is 438 g/mol. The first-order chi connectivity index (χ1) is 15.6. The topological polar surface area (TPSA) is 168 Å². The Bertz CT molecular complexity index is 1390. The molecule has 0 atom stereocenters. The first kappa shape index (κ1) is 21.1. The van der Waals surface area contributed by atoms with E-state index in [0.717, 1.165) is 36.5 Å². The summed E-state index contributed by atoms with van der Waals surface area (Å²) in [5.41, 5.74) is -6.93. The fourth-order valence-electron chi connectivity index (χ4n) is 3.18. The van der Waals surface area contributed by atoms with Crippen LogP contribution in [0.3, 0.4) is 0 Å². The molecule has 0 aliphatic heterocycles. The number of allylic oxidation sites excluding steroid dienone is 12. The maximum atomic E-state index is 13.2. The van der Waals surface area contributed by atoms with Crippen LogP contribution in [0, 0.1) is 0 Å². The number of carbonyl (C=O) groups is 6. The van der Waals surface area contributed by atoms with Crippen LogP contribution < -0.4 is 17.1 Å². The second-order valence-electron chi connectivity index (χ2n) is 6.74. The van der Waals surface area contributed by atoms with Crippen LogP contribution in [0.25, 0.3) is 17.1 Å². The summed E-state index contributed by atoms with van der Waals surface area (Å²) in [5.74, 6) is -5.20. The van der Waals surface area contributed by atoms with Gasteiger partial charge in [-0.3, -0.25) is 28.8 Å². The van der Waals surface area contributed by atoms with Crippen molar-refractivity contribution < 1.29 is 28.8 Å². The van der Waals surface area contributed by atoms with Gasteiger partial charge in [-0.15, -0.1) is 0 Å². The molecule has 0 fully saturated rings. The van der Waals surface area contributed by atoms with Gasteiger partial charge in [-0.05, 0) is 36.5 Å². The lowest BCUT2D eigenvalue weighted by Crippen LogP contribution is -2.55. The molecule has 0 radical (unpaired) electrons. The predicted octanol–water partition coefficient (Wildman–Crippen LogP) is -2.18. The lowest BCUT2D eigenvalue weighted by molar-refractivity contribution is -0.113. The van der Waals surface area contributed by atoms with E-state index in [0.29, 0.717) is 18.2 Å². The zero-order valence-electron chi connectivity index (χ0n) is 16.2. The Morgan fingerprint density at radius 3 is 0.848 bits per heavy atom. The van der Waals surface area contributed by atoms with Crippen molar-refractivity contribution in [2.75, 3.05) is 0 Å². The molecule has 3 aliphatic carbocycles. The van der Waals surface area contributed by atoms with Crippen LogP contribution in [0.4, 0.5) is 0 Å². The molecule has 0 spiro atoms. The normalized spacial score (nSPS) is 18.0. The molecular formula is C21H9N3O9. The lowest BCUT2D eigenvalue weighted by atomic mass is 10.1. The summed E-state index contributed by atoms with van der Waals surface area (Å²) in [7, 11) is 0. The summed E-state index contributed by atoms with van der Waals surface area (Å²) < 4.78 is 0.330. The number of hydrogen-bond acceptors (Lipinski definition) is 9. The van der Waals surface area contributed by atoms with Gasteiger partial charge in [0.2, 0.25) is 17.3 Å². The SMILES string of the molecule is O=C1C=CC(=O)C(n2c(=O)n(C3=CC(=O)C=CC3=O)c(=O)n(C3=CC(=O)C=CC3=O)c2=O)=C1. The van der Waals surface area contributed by atoms with Gasteiger partial charge < -0.3 is 0 Å². The molecule has 0 saturated carbocycles. The minimum atomic E-state index is -1.54. The lowest BCUT2D eigenvalue weighted by Gasteiger charge is -2.18. The van der Waals surface area contributed by atoms with Crippen molar-refractivity contribution in [3.8, 4) is 0 Å². The Balaban J connectivity index is 2.17. The van der Waals surface area contributed by atoms with E-state index in [9.17, 15) is 43.2 Å². The second kappa shape index (κ2) is 7.53. The maximum Gasteiger partial charge on any atom is 0.345 e. The molecule has 1 aromatic rings. The summed E-state index contributed by atoms with van der Waals surface area (Å²) in [6.07, 6.45) is 6.89. The third kappa shape index (κ3) is 3.40. The highest BCUT2D eigenvalue weighted by atomic mass is 16.2.